The van der Waals surface area contributed by atoms with E-state index in [1.807, 2.05) is 0 Å². The minimum atomic E-state index is 1.01. The van der Waals surface area contributed by atoms with Crippen LogP contribution in [0, 0.1) is 6.92 Å². The van der Waals surface area contributed by atoms with Crippen molar-refractivity contribution in [3.8, 4) is 5.69 Å². The Morgan fingerprint density at radius 1 is 0.727 bits per heavy atom. The average Bonchev–Trinajstić information content (AvgIpc) is 3.35. The minimum Gasteiger partial charge on any atom is -0.311 e. The summed E-state index contributed by atoms with van der Waals surface area (Å²) < 4.78 is 4.73. The van der Waals surface area contributed by atoms with Crippen LogP contribution in [0.5, 0.6) is 0 Å². The Balaban J connectivity index is 1.67. The van der Waals surface area contributed by atoms with Crippen LogP contribution in [0.15, 0.2) is 97.1 Å². The second kappa shape index (κ2) is 6.94. The van der Waals surface area contributed by atoms with E-state index in [-0.39, 0.29) is 0 Å². The first kappa shape index (κ1) is 18.5. The Bertz CT molecular complexity index is 1780. The zero-order valence-electron chi connectivity index (χ0n) is 18.5. The van der Waals surface area contributed by atoms with Gasteiger partial charge in [-0.2, -0.15) is 0 Å². The lowest BCUT2D eigenvalue weighted by molar-refractivity contribution is 0.979. The monoisotopic (exact) mass is 425 g/mol. The lowest BCUT2D eigenvalue weighted by Gasteiger charge is -2.13. The molecule has 3 aromatic heterocycles. The molecule has 0 saturated heterocycles. The summed E-state index contributed by atoms with van der Waals surface area (Å²) >= 11 is 0. The number of aromatic nitrogens is 3. The molecule has 0 fully saturated rings. The van der Waals surface area contributed by atoms with Gasteiger partial charge in [0.15, 0.2) is 0 Å². The van der Waals surface area contributed by atoms with Crippen molar-refractivity contribution in [1.82, 2.24) is 14.1 Å². The van der Waals surface area contributed by atoms with Crippen LogP contribution in [-0.2, 0) is 0 Å². The van der Waals surface area contributed by atoms with E-state index in [0.29, 0.717) is 0 Å². The summed E-state index contributed by atoms with van der Waals surface area (Å²) in [6.45, 7) is 2.14. The number of aryl methyl sites for hydroxylation is 1. The van der Waals surface area contributed by atoms with E-state index in [4.69, 9.17) is 4.98 Å². The van der Waals surface area contributed by atoms with Gasteiger partial charge in [0.05, 0.1) is 22.1 Å². The fraction of sp³-hybridized carbons (Fsp3) is 0.100. The molecule has 0 amide bonds. The second-order valence-corrected chi connectivity index (χ2v) is 8.90. The van der Waals surface area contributed by atoms with E-state index in [0.717, 1.165) is 29.7 Å². The fourth-order valence-corrected chi connectivity index (χ4v) is 5.35. The molecule has 158 valence electrons. The lowest BCUT2D eigenvalue weighted by Crippen LogP contribution is -1.99. The summed E-state index contributed by atoms with van der Waals surface area (Å²) in [6, 6.07) is 28.3. The van der Waals surface area contributed by atoms with Crippen LogP contribution >= 0.6 is 0 Å². The van der Waals surface area contributed by atoms with E-state index < -0.39 is 0 Å². The Hall–Kier alpha value is -4.11. The summed E-state index contributed by atoms with van der Waals surface area (Å²) in [5, 5.41) is 3.62. The smallest absolute Gasteiger partial charge is 0.146 e. The number of para-hydroxylation sites is 2. The van der Waals surface area contributed by atoms with Gasteiger partial charge in [0.25, 0.3) is 0 Å². The zero-order chi connectivity index (χ0) is 21.9. The topological polar surface area (TPSA) is 22.8 Å². The van der Waals surface area contributed by atoms with Gasteiger partial charge in [0.1, 0.15) is 5.65 Å². The first-order valence-electron chi connectivity index (χ1n) is 11.6. The molecule has 0 unspecified atom stereocenters. The molecule has 0 bridgehead atoms. The van der Waals surface area contributed by atoms with Crippen LogP contribution in [0.3, 0.4) is 0 Å². The molecular formula is C30H23N3. The zero-order valence-corrected chi connectivity index (χ0v) is 18.5. The first-order valence-corrected chi connectivity index (χ1v) is 11.6. The van der Waals surface area contributed by atoms with Crippen LogP contribution in [0.25, 0.3) is 55.3 Å². The molecule has 3 nitrogen and oxygen atoms in total. The van der Waals surface area contributed by atoms with Crippen LogP contribution in [-0.4, -0.2) is 14.1 Å². The highest BCUT2D eigenvalue weighted by Gasteiger charge is 2.20. The Labute approximate surface area is 191 Å². The van der Waals surface area contributed by atoms with Crippen molar-refractivity contribution in [2.75, 3.05) is 0 Å². The maximum absolute atomic E-state index is 5.36. The third-order valence-electron chi connectivity index (χ3n) is 6.81. The fourth-order valence-electron chi connectivity index (χ4n) is 5.35. The number of hydrogen-bond acceptors (Lipinski definition) is 1. The molecular weight excluding hydrogens is 402 g/mol. The summed E-state index contributed by atoms with van der Waals surface area (Å²) in [4.78, 5) is 5.36. The normalized spacial score (nSPS) is 14.0. The number of hydrogen-bond donors (Lipinski definition) is 0. The molecule has 6 aromatic rings. The van der Waals surface area contributed by atoms with Crippen molar-refractivity contribution in [2.45, 2.75) is 19.8 Å². The third-order valence-corrected chi connectivity index (χ3v) is 6.81. The molecule has 7 rings (SSSR count). The lowest BCUT2D eigenvalue weighted by atomic mass is 10.1. The van der Waals surface area contributed by atoms with E-state index in [2.05, 4.69) is 113 Å². The van der Waals surface area contributed by atoms with E-state index in [1.54, 1.807) is 0 Å². The number of nitrogens with zero attached hydrogens (tertiary/aromatic N) is 3. The highest BCUT2D eigenvalue weighted by Crippen LogP contribution is 2.38. The number of allylic oxidation sites excluding steroid dienone is 4. The van der Waals surface area contributed by atoms with Crippen LogP contribution in [0.2, 0.25) is 0 Å². The van der Waals surface area contributed by atoms with E-state index in [1.165, 1.54) is 44.0 Å². The predicted octanol–water partition coefficient (Wildman–Crippen LogP) is 7.79. The van der Waals surface area contributed by atoms with E-state index in [9.17, 15) is 0 Å². The summed E-state index contributed by atoms with van der Waals surface area (Å²) in [7, 11) is 0. The maximum atomic E-state index is 5.36. The highest BCUT2D eigenvalue weighted by atomic mass is 15.1. The van der Waals surface area contributed by atoms with Crippen molar-refractivity contribution < 1.29 is 0 Å². The van der Waals surface area contributed by atoms with Crippen molar-refractivity contribution >= 4 is 49.6 Å². The number of pyridine rings is 1. The van der Waals surface area contributed by atoms with Gasteiger partial charge >= 0.3 is 0 Å². The molecule has 3 aromatic carbocycles. The molecule has 0 radical (unpaired) electrons. The van der Waals surface area contributed by atoms with Gasteiger partial charge in [-0.3, -0.25) is 4.57 Å². The standard InChI is InChI=1S/C30H23N3/c1-20-10-9-13-22(18-20)33-26-16-7-5-14-23(26)25-19-28-29(31-30(25)33)24-15-6-8-17-27(24)32(28)21-11-3-2-4-12-21/h2-3,5-11,13-19H,4,12H2,1H3. The van der Waals surface area contributed by atoms with Crippen molar-refractivity contribution in [2.24, 2.45) is 0 Å². The first-order chi connectivity index (χ1) is 16.3. The van der Waals surface area contributed by atoms with Crippen molar-refractivity contribution in [3.05, 3.63) is 103 Å². The highest BCUT2D eigenvalue weighted by molar-refractivity contribution is 6.16. The molecule has 1 aliphatic carbocycles. The summed E-state index contributed by atoms with van der Waals surface area (Å²) in [5.41, 5.74) is 9.38. The molecule has 0 aliphatic heterocycles. The molecule has 0 atom stereocenters. The molecule has 0 N–H and O–H groups in total. The third kappa shape index (κ3) is 2.66. The van der Waals surface area contributed by atoms with E-state index >= 15 is 0 Å². The Morgan fingerprint density at radius 2 is 1.52 bits per heavy atom. The molecule has 0 spiro atoms. The molecule has 0 saturated carbocycles. The predicted molar refractivity (Wildman–Crippen MR) is 139 cm³/mol. The van der Waals surface area contributed by atoms with Crippen LogP contribution in [0.4, 0.5) is 0 Å². The molecule has 3 heteroatoms. The van der Waals surface area contributed by atoms with Crippen molar-refractivity contribution in [3.63, 3.8) is 0 Å². The SMILES string of the molecule is Cc1cccc(-n2c3ccccc3c3cc4c(nc32)c2ccccc2n4C2=CC=CCC2)c1. The minimum absolute atomic E-state index is 1.01. The number of rotatable bonds is 2. The summed E-state index contributed by atoms with van der Waals surface area (Å²) in [5.74, 6) is 0. The van der Waals surface area contributed by atoms with Gasteiger partial charge in [0, 0.05) is 27.5 Å². The second-order valence-electron chi connectivity index (χ2n) is 8.90. The summed E-state index contributed by atoms with van der Waals surface area (Å²) in [6.07, 6.45) is 8.77. The van der Waals surface area contributed by atoms with Gasteiger partial charge in [-0.25, -0.2) is 4.98 Å². The van der Waals surface area contributed by atoms with Gasteiger partial charge < -0.3 is 4.57 Å². The van der Waals surface area contributed by atoms with Crippen LogP contribution < -0.4 is 0 Å². The van der Waals surface area contributed by atoms with Gasteiger partial charge in [-0.05, 0) is 61.7 Å². The number of fused-ring (bicyclic) bond motifs is 6. The largest absolute Gasteiger partial charge is 0.311 e. The van der Waals surface area contributed by atoms with Gasteiger partial charge in [0.2, 0.25) is 0 Å². The number of benzene rings is 3. The van der Waals surface area contributed by atoms with Gasteiger partial charge in [-0.1, -0.05) is 60.7 Å². The molecule has 33 heavy (non-hydrogen) atoms. The van der Waals surface area contributed by atoms with Crippen LogP contribution in [0.1, 0.15) is 18.4 Å². The Kier molecular flexibility index (Phi) is 3.88. The molecule has 1 aliphatic rings. The maximum Gasteiger partial charge on any atom is 0.146 e. The van der Waals surface area contributed by atoms with Gasteiger partial charge in [-0.15, -0.1) is 0 Å². The van der Waals surface area contributed by atoms with Crippen molar-refractivity contribution in [1.29, 1.82) is 0 Å². The quantitative estimate of drug-likeness (QED) is 0.278. The average molecular weight is 426 g/mol. The Morgan fingerprint density at radius 3 is 2.30 bits per heavy atom. The molecule has 3 heterocycles.